The summed E-state index contributed by atoms with van der Waals surface area (Å²) in [6.45, 7) is 2.70. The van der Waals surface area contributed by atoms with Gasteiger partial charge in [0.05, 0.1) is 6.61 Å². The highest BCUT2D eigenvalue weighted by atomic mass is 16.5. The van der Waals surface area contributed by atoms with E-state index in [9.17, 15) is 9.90 Å². The van der Waals surface area contributed by atoms with Gasteiger partial charge in [-0.1, -0.05) is 103 Å². The highest BCUT2D eigenvalue weighted by Gasteiger charge is 2.10. The molecule has 0 heterocycles. The van der Waals surface area contributed by atoms with E-state index in [4.69, 9.17) is 4.74 Å². The van der Waals surface area contributed by atoms with E-state index in [1.54, 1.807) is 18.2 Å². The smallest absolute Gasteiger partial charge is 0.341 e. The van der Waals surface area contributed by atoms with Crippen molar-refractivity contribution < 1.29 is 14.6 Å². The topological polar surface area (TPSA) is 49.8 Å². The number of nitrogens with zero attached hydrogens (tertiary/aromatic N) is 1. The van der Waals surface area contributed by atoms with Crippen molar-refractivity contribution in [3.05, 3.63) is 29.8 Å². The molecule has 1 aromatic carbocycles. The van der Waals surface area contributed by atoms with E-state index in [2.05, 4.69) is 6.92 Å². The van der Waals surface area contributed by atoms with Crippen molar-refractivity contribution in [3.63, 3.8) is 0 Å². The lowest BCUT2D eigenvalue weighted by atomic mass is 10.0. The number of phenolic OH excluding ortho intramolecular Hbond substituents is 1. The number of unbranched alkanes of at least 4 members (excludes halogenated alkanes) is 13. The Morgan fingerprint density at radius 3 is 1.60 bits per heavy atom. The first-order chi connectivity index (χ1) is 14.5. The molecule has 0 amide bonds. The Hall–Kier alpha value is -1.55. The molecule has 4 nitrogen and oxygen atoms in total. The van der Waals surface area contributed by atoms with Crippen LogP contribution in [0.3, 0.4) is 0 Å². The van der Waals surface area contributed by atoms with E-state index in [0.29, 0.717) is 6.61 Å². The molecule has 174 valence electrons. The van der Waals surface area contributed by atoms with E-state index in [1.807, 2.05) is 26.0 Å². The van der Waals surface area contributed by atoms with Crippen LogP contribution in [0.4, 0.5) is 0 Å². The number of benzene rings is 1. The molecule has 1 aromatic rings. The lowest BCUT2D eigenvalue weighted by molar-refractivity contribution is 0.0494. The van der Waals surface area contributed by atoms with Gasteiger partial charge in [0.25, 0.3) is 0 Å². The molecule has 0 atom stereocenters. The van der Waals surface area contributed by atoms with Crippen LogP contribution in [0.5, 0.6) is 5.75 Å². The third kappa shape index (κ3) is 18.5. The number of aromatic hydroxyl groups is 1. The number of para-hydroxylation sites is 1. The molecule has 0 spiro atoms. The van der Waals surface area contributed by atoms with Crippen molar-refractivity contribution in [1.29, 1.82) is 0 Å². The summed E-state index contributed by atoms with van der Waals surface area (Å²) in [5, 5.41) is 9.61. The van der Waals surface area contributed by atoms with E-state index < -0.39 is 5.97 Å². The molecular formula is C26H47NO3. The van der Waals surface area contributed by atoms with Crippen LogP contribution in [0.1, 0.15) is 107 Å². The summed E-state index contributed by atoms with van der Waals surface area (Å²) < 4.78 is 5.22. The number of carbonyl (C=O) groups is 1. The molecule has 4 heteroatoms. The molecule has 0 unspecified atom stereocenters. The molecule has 0 radical (unpaired) electrons. The highest BCUT2D eigenvalue weighted by Crippen LogP contribution is 2.17. The van der Waals surface area contributed by atoms with Crippen LogP contribution in [0.15, 0.2) is 24.3 Å². The number of ether oxygens (including phenoxy) is 1. The summed E-state index contributed by atoms with van der Waals surface area (Å²) in [5.41, 5.74) is 0.248. The van der Waals surface area contributed by atoms with Crippen molar-refractivity contribution in [2.45, 2.75) is 96.8 Å². The van der Waals surface area contributed by atoms with Gasteiger partial charge in [0, 0.05) is 0 Å². The van der Waals surface area contributed by atoms with Crippen LogP contribution in [0.25, 0.3) is 0 Å². The molecule has 0 aliphatic carbocycles. The number of carbonyl (C=O) groups excluding carboxylic acids is 1. The van der Waals surface area contributed by atoms with Crippen molar-refractivity contribution in [2.24, 2.45) is 0 Å². The normalized spacial score (nSPS) is 10.6. The van der Waals surface area contributed by atoms with Gasteiger partial charge in [-0.3, -0.25) is 0 Å². The Morgan fingerprint density at radius 1 is 0.767 bits per heavy atom. The molecule has 0 bridgehead atoms. The fourth-order valence-electron chi connectivity index (χ4n) is 3.19. The number of phenols is 1. The quantitative estimate of drug-likeness (QED) is 0.226. The summed E-state index contributed by atoms with van der Waals surface area (Å²) in [6, 6.07) is 6.51. The predicted octanol–water partition coefficient (Wildman–Crippen LogP) is 7.21. The fourth-order valence-corrected chi connectivity index (χ4v) is 3.19. The Labute approximate surface area is 186 Å². The fraction of sp³-hybridized carbons (Fsp3) is 0.731. The maximum atomic E-state index is 11.8. The molecule has 0 aliphatic heterocycles. The zero-order valence-corrected chi connectivity index (χ0v) is 20.1. The molecule has 0 fully saturated rings. The average Bonchev–Trinajstić information content (AvgIpc) is 2.70. The molecule has 0 aliphatic rings. The first-order valence-electron chi connectivity index (χ1n) is 12.0. The average molecular weight is 422 g/mol. The van der Waals surface area contributed by atoms with Crippen LogP contribution < -0.4 is 0 Å². The Balaban J connectivity index is 0.00000192. The largest absolute Gasteiger partial charge is 0.507 e. The van der Waals surface area contributed by atoms with Crippen molar-refractivity contribution in [3.8, 4) is 5.75 Å². The van der Waals surface area contributed by atoms with E-state index in [-0.39, 0.29) is 11.3 Å². The van der Waals surface area contributed by atoms with E-state index in [0.717, 1.165) is 12.8 Å². The molecule has 0 saturated carbocycles. The van der Waals surface area contributed by atoms with Gasteiger partial charge >= 0.3 is 5.97 Å². The summed E-state index contributed by atoms with van der Waals surface area (Å²) in [6.07, 6.45) is 18.3. The Kier molecular flexibility index (Phi) is 19.6. The van der Waals surface area contributed by atoms with Gasteiger partial charge in [-0.2, -0.15) is 0 Å². The van der Waals surface area contributed by atoms with E-state index >= 15 is 0 Å². The minimum atomic E-state index is -0.433. The monoisotopic (exact) mass is 421 g/mol. The molecule has 0 aromatic heterocycles. The molecule has 1 rings (SSSR count). The second kappa shape index (κ2) is 20.7. The second-order valence-electron chi connectivity index (χ2n) is 8.59. The van der Waals surface area contributed by atoms with Crippen LogP contribution >= 0.6 is 0 Å². The SMILES string of the molecule is CCCCCCCCCCCCCCCCOC(=O)c1ccccc1O.CN(C)C. The van der Waals surface area contributed by atoms with Crippen LogP contribution in [0, 0.1) is 0 Å². The van der Waals surface area contributed by atoms with Crippen LogP contribution in [0.2, 0.25) is 0 Å². The molecular weight excluding hydrogens is 374 g/mol. The van der Waals surface area contributed by atoms with Gasteiger partial charge in [0.2, 0.25) is 0 Å². The Morgan fingerprint density at radius 2 is 1.17 bits per heavy atom. The molecule has 1 N–H and O–H groups in total. The zero-order valence-electron chi connectivity index (χ0n) is 20.1. The lowest BCUT2D eigenvalue weighted by Crippen LogP contribution is -2.06. The van der Waals surface area contributed by atoms with E-state index in [1.165, 1.54) is 83.1 Å². The standard InChI is InChI=1S/C23H38O3.C3H9N/c1-2-3-4-5-6-7-8-9-10-11-12-13-14-17-20-26-23(25)21-18-15-16-19-22(21)24;1-4(2)3/h15-16,18-19,24H,2-14,17,20H2,1H3;1-3H3. The van der Waals surface area contributed by atoms with Crippen LogP contribution in [-0.4, -0.2) is 43.7 Å². The maximum Gasteiger partial charge on any atom is 0.341 e. The highest BCUT2D eigenvalue weighted by molar-refractivity contribution is 5.92. The predicted molar refractivity (Wildman–Crippen MR) is 128 cm³/mol. The van der Waals surface area contributed by atoms with Crippen molar-refractivity contribution >= 4 is 5.97 Å². The molecule has 30 heavy (non-hydrogen) atoms. The summed E-state index contributed by atoms with van der Waals surface area (Å²) >= 11 is 0. The third-order valence-electron chi connectivity index (χ3n) is 4.86. The van der Waals surface area contributed by atoms with Crippen LogP contribution in [-0.2, 0) is 4.74 Å². The van der Waals surface area contributed by atoms with Gasteiger partial charge in [0.15, 0.2) is 0 Å². The zero-order chi connectivity index (χ0) is 22.5. The summed E-state index contributed by atoms with van der Waals surface area (Å²) in [7, 11) is 6.00. The number of rotatable bonds is 16. The van der Waals surface area contributed by atoms with Gasteiger partial charge in [-0.15, -0.1) is 0 Å². The van der Waals surface area contributed by atoms with Gasteiger partial charge < -0.3 is 14.7 Å². The Bertz CT molecular complexity index is 514. The van der Waals surface area contributed by atoms with Gasteiger partial charge in [0.1, 0.15) is 11.3 Å². The third-order valence-corrected chi connectivity index (χ3v) is 4.86. The second-order valence-corrected chi connectivity index (χ2v) is 8.59. The number of hydrogen-bond acceptors (Lipinski definition) is 4. The van der Waals surface area contributed by atoms with Crippen molar-refractivity contribution in [1.82, 2.24) is 4.90 Å². The maximum absolute atomic E-state index is 11.8. The van der Waals surface area contributed by atoms with Crippen molar-refractivity contribution in [2.75, 3.05) is 27.7 Å². The summed E-state index contributed by atoms with van der Waals surface area (Å²) in [4.78, 5) is 13.8. The van der Waals surface area contributed by atoms with Gasteiger partial charge in [-0.05, 0) is 39.7 Å². The number of esters is 1. The minimum absolute atomic E-state index is 0.0153. The first-order valence-corrected chi connectivity index (χ1v) is 12.0. The summed E-state index contributed by atoms with van der Waals surface area (Å²) in [5.74, 6) is -0.448. The lowest BCUT2D eigenvalue weighted by Gasteiger charge is -2.06. The number of hydrogen-bond donors (Lipinski definition) is 1. The molecule has 0 saturated heterocycles. The van der Waals surface area contributed by atoms with Gasteiger partial charge in [-0.25, -0.2) is 4.79 Å². The minimum Gasteiger partial charge on any atom is -0.507 e. The first kappa shape index (κ1) is 28.5.